The average Bonchev–Trinajstić information content (AvgIpc) is 3.21. The maximum Gasteiger partial charge on any atom is 0.258 e. The highest BCUT2D eigenvalue weighted by Crippen LogP contribution is 2.30. The molecule has 0 saturated carbocycles. The summed E-state index contributed by atoms with van der Waals surface area (Å²) in [6.07, 6.45) is 0. The van der Waals surface area contributed by atoms with Crippen molar-refractivity contribution >= 4 is 22.5 Å². The molecular weight excluding hydrogens is 374 g/mol. The van der Waals surface area contributed by atoms with Crippen LogP contribution in [0.15, 0.2) is 40.9 Å². The lowest BCUT2D eigenvalue weighted by atomic mass is 10.2. The Labute approximate surface area is 157 Å². The van der Waals surface area contributed by atoms with Crippen LogP contribution in [0.1, 0.15) is 17.1 Å². The Morgan fingerprint density at radius 3 is 2.63 bits per heavy atom. The van der Waals surface area contributed by atoms with Crippen molar-refractivity contribution in [3.05, 3.63) is 70.1 Å². The standard InChI is InChI=1S/C19H11ClF2N4O/c1-10-4-15-16(3-2-11(8-23)18(15)20)26(10)9-17-24-19(27-25-17)12-5-13(21)7-14(22)6-12/h2-7H,9H2,1H3. The summed E-state index contributed by atoms with van der Waals surface area (Å²) < 4.78 is 33.8. The lowest BCUT2D eigenvalue weighted by Gasteiger charge is -2.05. The van der Waals surface area contributed by atoms with Gasteiger partial charge in [-0.1, -0.05) is 16.8 Å². The molecule has 0 radical (unpaired) electrons. The van der Waals surface area contributed by atoms with Crippen LogP contribution >= 0.6 is 11.6 Å². The molecule has 0 bridgehead atoms. The summed E-state index contributed by atoms with van der Waals surface area (Å²) in [5.41, 5.74) is 2.28. The fourth-order valence-electron chi connectivity index (χ4n) is 2.98. The number of hydrogen-bond acceptors (Lipinski definition) is 4. The zero-order valence-electron chi connectivity index (χ0n) is 14.0. The molecule has 0 amide bonds. The van der Waals surface area contributed by atoms with Gasteiger partial charge in [-0.2, -0.15) is 10.2 Å². The molecule has 0 unspecified atom stereocenters. The Balaban J connectivity index is 1.71. The lowest BCUT2D eigenvalue weighted by Crippen LogP contribution is -2.03. The Hall–Kier alpha value is -3.24. The van der Waals surface area contributed by atoms with E-state index in [1.54, 1.807) is 12.1 Å². The molecular formula is C19H11ClF2N4O. The number of aryl methyl sites for hydroxylation is 1. The van der Waals surface area contributed by atoms with Crippen molar-refractivity contribution in [2.75, 3.05) is 0 Å². The van der Waals surface area contributed by atoms with Crippen molar-refractivity contribution in [2.45, 2.75) is 13.5 Å². The van der Waals surface area contributed by atoms with Gasteiger partial charge in [0.2, 0.25) is 0 Å². The van der Waals surface area contributed by atoms with Gasteiger partial charge >= 0.3 is 0 Å². The molecule has 27 heavy (non-hydrogen) atoms. The van der Waals surface area contributed by atoms with Crippen molar-refractivity contribution in [3.8, 4) is 17.5 Å². The van der Waals surface area contributed by atoms with E-state index in [1.165, 1.54) is 0 Å². The second kappa shape index (κ2) is 6.49. The monoisotopic (exact) mass is 384 g/mol. The molecule has 8 heteroatoms. The normalized spacial score (nSPS) is 11.1. The number of halogens is 3. The van der Waals surface area contributed by atoms with Crippen LogP contribution in [0.2, 0.25) is 5.02 Å². The predicted molar refractivity (Wildman–Crippen MR) is 95.2 cm³/mol. The van der Waals surface area contributed by atoms with E-state index in [0.29, 0.717) is 16.4 Å². The van der Waals surface area contributed by atoms with E-state index in [1.807, 2.05) is 17.6 Å². The number of nitrogens with zero attached hydrogens (tertiary/aromatic N) is 4. The zero-order valence-corrected chi connectivity index (χ0v) is 14.8. The summed E-state index contributed by atoms with van der Waals surface area (Å²) in [5.74, 6) is -1.07. The van der Waals surface area contributed by atoms with E-state index in [4.69, 9.17) is 21.4 Å². The Morgan fingerprint density at radius 1 is 1.19 bits per heavy atom. The van der Waals surface area contributed by atoms with Gasteiger partial charge in [-0.15, -0.1) is 0 Å². The van der Waals surface area contributed by atoms with Crippen LogP contribution in [0, 0.1) is 29.9 Å². The van der Waals surface area contributed by atoms with Crippen LogP contribution < -0.4 is 0 Å². The van der Waals surface area contributed by atoms with Gasteiger partial charge < -0.3 is 9.09 Å². The summed E-state index contributed by atoms with van der Waals surface area (Å²) >= 11 is 6.29. The number of nitriles is 1. The highest BCUT2D eigenvalue weighted by molar-refractivity contribution is 6.36. The average molecular weight is 385 g/mol. The van der Waals surface area contributed by atoms with Crippen molar-refractivity contribution in [3.63, 3.8) is 0 Å². The molecule has 0 spiro atoms. The van der Waals surface area contributed by atoms with Crippen LogP contribution in [0.5, 0.6) is 0 Å². The third kappa shape index (κ3) is 3.04. The molecule has 0 aliphatic carbocycles. The van der Waals surface area contributed by atoms with Crippen molar-refractivity contribution in [1.82, 2.24) is 14.7 Å². The van der Waals surface area contributed by atoms with Crippen molar-refractivity contribution < 1.29 is 13.3 Å². The molecule has 4 aromatic rings. The van der Waals surface area contributed by atoms with Crippen LogP contribution in [-0.2, 0) is 6.54 Å². The quantitative estimate of drug-likeness (QED) is 0.506. The van der Waals surface area contributed by atoms with E-state index in [-0.39, 0.29) is 18.0 Å². The topological polar surface area (TPSA) is 67.6 Å². The van der Waals surface area contributed by atoms with Crippen LogP contribution in [0.25, 0.3) is 22.4 Å². The lowest BCUT2D eigenvalue weighted by molar-refractivity contribution is 0.420. The first kappa shape index (κ1) is 17.2. The summed E-state index contributed by atoms with van der Waals surface area (Å²) in [4.78, 5) is 4.22. The van der Waals surface area contributed by atoms with E-state index in [9.17, 15) is 8.78 Å². The van der Waals surface area contributed by atoms with Crippen LogP contribution in [0.3, 0.4) is 0 Å². The SMILES string of the molecule is Cc1cc2c(Cl)c(C#N)ccc2n1Cc1noc(-c2cc(F)cc(F)c2)n1. The smallest absolute Gasteiger partial charge is 0.258 e. The first-order valence-corrected chi connectivity index (χ1v) is 8.31. The number of hydrogen-bond donors (Lipinski definition) is 0. The first-order chi connectivity index (χ1) is 13.0. The summed E-state index contributed by atoms with van der Waals surface area (Å²) in [6.45, 7) is 2.17. The molecule has 5 nitrogen and oxygen atoms in total. The number of aromatic nitrogens is 3. The molecule has 2 aromatic carbocycles. The van der Waals surface area contributed by atoms with Crippen LogP contribution in [0.4, 0.5) is 8.78 Å². The highest BCUT2D eigenvalue weighted by Gasteiger charge is 2.16. The third-order valence-electron chi connectivity index (χ3n) is 4.22. The number of fused-ring (bicyclic) bond motifs is 1. The molecule has 0 N–H and O–H groups in total. The van der Waals surface area contributed by atoms with Gasteiger partial charge in [-0.05, 0) is 37.3 Å². The van der Waals surface area contributed by atoms with Gasteiger partial charge in [0.25, 0.3) is 5.89 Å². The zero-order chi connectivity index (χ0) is 19.1. The molecule has 4 rings (SSSR count). The van der Waals surface area contributed by atoms with E-state index in [2.05, 4.69) is 16.2 Å². The maximum absolute atomic E-state index is 13.4. The Morgan fingerprint density at radius 2 is 1.93 bits per heavy atom. The molecule has 0 aliphatic heterocycles. The summed E-state index contributed by atoms with van der Waals surface area (Å²) in [7, 11) is 0. The number of benzene rings is 2. The minimum atomic E-state index is -0.722. The summed E-state index contributed by atoms with van der Waals surface area (Å²) in [6, 6.07) is 10.4. The van der Waals surface area contributed by atoms with Gasteiger partial charge in [0.15, 0.2) is 5.82 Å². The largest absolute Gasteiger partial charge is 0.337 e. The van der Waals surface area contributed by atoms with Crippen molar-refractivity contribution in [1.29, 1.82) is 5.26 Å². The Kier molecular flexibility index (Phi) is 4.13. The van der Waals surface area contributed by atoms with Gasteiger partial charge in [0, 0.05) is 22.7 Å². The molecule has 134 valence electrons. The maximum atomic E-state index is 13.4. The highest BCUT2D eigenvalue weighted by atomic mass is 35.5. The fraction of sp³-hybridized carbons (Fsp3) is 0.105. The molecule has 0 aliphatic rings. The summed E-state index contributed by atoms with van der Waals surface area (Å²) in [5, 5.41) is 14.1. The van der Waals surface area contributed by atoms with Gasteiger partial charge in [0.05, 0.1) is 22.6 Å². The number of rotatable bonds is 3. The molecule has 2 aromatic heterocycles. The first-order valence-electron chi connectivity index (χ1n) is 7.94. The minimum absolute atomic E-state index is 0.0299. The molecule has 2 heterocycles. The second-order valence-electron chi connectivity index (χ2n) is 6.02. The van der Waals surface area contributed by atoms with Gasteiger partial charge in [-0.3, -0.25) is 0 Å². The minimum Gasteiger partial charge on any atom is -0.337 e. The van der Waals surface area contributed by atoms with Gasteiger partial charge in [0.1, 0.15) is 17.7 Å². The van der Waals surface area contributed by atoms with Crippen LogP contribution in [-0.4, -0.2) is 14.7 Å². The molecule has 0 fully saturated rings. The Bertz CT molecular complexity index is 1200. The van der Waals surface area contributed by atoms with E-state index >= 15 is 0 Å². The van der Waals surface area contributed by atoms with E-state index < -0.39 is 11.6 Å². The molecule has 0 atom stereocenters. The fourth-order valence-corrected chi connectivity index (χ4v) is 3.24. The predicted octanol–water partition coefficient (Wildman–Crippen LogP) is 4.85. The molecule has 0 saturated heterocycles. The third-order valence-corrected chi connectivity index (χ3v) is 4.63. The second-order valence-corrected chi connectivity index (χ2v) is 6.40. The van der Waals surface area contributed by atoms with Gasteiger partial charge in [-0.25, -0.2) is 8.78 Å². The van der Waals surface area contributed by atoms with Crippen molar-refractivity contribution in [2.24, 2.45) is 0 Å². The van der Waals surface area contributed by atoms with E-state index in [0.717, 1.165) is 34.8 Å².